The highest BCUT2D eigenvalue weighted by molar-refractivity contribution is 7.17. The van der Waals surface area contributed by atoms with Gasteiger partial charge in [0.1, 0.15) is 5.75 Å². The number of hydrogen-bond donors (Lipinski definition) is 1. The molecule has 80 valence electrons. The molecule has 0 radical (unpaired) electrons. The monoisotopic (exact) mass is 221 g/mol. The Kier molecular flexibility index (Phi) is 3.23. The van der Waals surface area contributed by atoms with Crippen molar-refractivity contribution >= 4 is 21.4 Å². The predicted octanol–water partition coefficient (Wildman–Crippen LogP) is 2.80. The standard InChI is InChI=1S/C12H15NOS/c1-2-14-11-8-12-10(4-6-15-12)7-9(11)3-5-13/h4,6-8H,2-3,5,13H2,1H3. The molecule has 0 aliphatic heterocycles. The molecule has 15 heavy (non-hydrogen) atoms. The Morgan fingerprint density at radius 3 is 3.00 bits per heavy atom. The number of benzene rings is 1. The van der Waals surface area contributed by atoms with Crippen molar-refractivity contribution in [1.29, 1.82) is 0 Å². The average molecular weight is 221 g/mol. The van der Waals surface area contributed by atoms with Crippen LogP contribution in [0.25, 0.3) is 10.1 Å². The zero-order valence-electron chi connectivity index (χ0n) is 8.82. The Morgan fingerprint density at radius 1 is 1.40 bits per heavy atom. The summed E-state index contributed by atoms with van der Waals surface area (Å²) in [5.74, 6) is 0.984. The van der Waals surface area contributed by atoms with Crippen LogP contribution in [-0.2, 0) is 6.42 Å². The van der Waals surface area contributed by atoms with E-state index in [0.29, 0.717) is 13.2 Å². The Balaban J connectivity index is 2.47. The summed E-state index contributed by atoms with van der Waals surface area (Å²) >= 11 is 1.74. The van der Waals surface area contributed by atoms with Gasteiger partial charge in [-0.2, -0.15) is 0 Å². The Labute approximate surface area is 93.7 Å². The van der Waals surface area contributed by atoms with Gasteiger partial charge in [-0.1, -0.05) is 0 Å². The third kappa shape index (κ3) is 2.13. The normalized spacial score (nSPS) is 10.8. The quantitative estimate of drug-likeness (QED) is 0.861. The van der Waals surface area contributed by atoms with E-state index in [9.17, 15) is 0 Å². The van der Waals surface area contributed by atoms with Crippen molar-refractivity contribution in [3.8, 4) is 5.75 Å². The second-order valence-corrected chi connectivity index (χ2v) is 4.34. The fourth-order valence-electron chi connectivity index (χ4n) is 1.68. The smallest absolute Gasteiger partial charge is 0.123 e. The zero-order chi connectivity index (χ0) is 10.7. The fraction of sp³-hybridized carbons (Fsp3) is 0.333. The Morgan fingerprint density at radius 2 is 2.27 bits per heavy atom. The molecule has 1 heterocycles. The third-order valence-corrected chi connectivity index (χ3v) is 3.23. The summed E-state index contributed by atoms with van der Waals surface area (Å²) < 4.78 is 6.90. The van der Waals surface area contributed by atoms with E-state index in [1.807, 2.05) is 6.92 Å². The first-order valence-electron chi connectivity index (χ1n) is 5.18. The van der Waals surface area contributed by atoms with Crippen molar-refractivity contribution in [3.05, 3.63) is 29.1 Å². The van der Waals surface area contributed by atoms with Gasteiger partial charge in [-0.15, -0.1) is 11.3 Å². The van der Waals surface area contributed by atoms with Gasteiger partial charge in [0, 0.05) is 4.70 Å². The Hall–Kier alpha value is -1.06. The minimum atomic E-state index is 0.662. The van der Waals surface area contributed by atoms with Gasteiger partial charge in [0.25, 0.3) is 0 Å². The van der Waals surface area contributed by atoms with E-state index in [0.717, 1.165) is 12.2 Å². The van der Waals surface area contributed by atoms with Gasteiger partial charge >= 0.3 is 0 Å². The van der Waals surface area contributed by atoms with Crippen LogP contribution < -0.4 is 10.5 Å². The Bertz CT molecular complexity index is 410. The second-order valence-electron chi connectivity index (χ2n) is 3.39. The second kappa shape index (κ2) is 4.64. The zero-order valence-corrected chi connectivity index (χ0v) is 9.64. The molecule has 0 aliphatic carbocycles. The van der Waals surface area contributed by atoms with Crippen LogP contribution >= 0.6 is 11.3 Å². The molecule has 2 aromatic rings. The van der Waals surface area contributed by atoms with Crippen LogP contribution in [0.2, 0.25) is 0 Å². The fourth-order valence-corrected chi connectivity index (χ4v) is 2.48. The SMILES string of the molecule is CCOc1cc2sccc2cc1CCN. The largest absolute Gasteiger partial charge is 0.494 e. The van der Waals surface area contributed by atoms with Gasteiger partial charge in [-0.05, 0) is 54.4 Å². The third-order valence-electron chi connectivity index (χ3n) is 2.35. The number of rotatable bonds is 4. The van der Waals surface area contributed by atoms with Crippen molar-refractivity contribution in [3.63, 3.8) is 0 Å². The molecule has 0 spiro atoms. The van der Waals surface area contributed by atoms with Crippen molar-refractivity contribution < 1.29 is 4.74 Å². The van der Waals surface area contributed by atoms with E-state index in [1.165, 1.54) is 15.6 Å². The summed E-state index contributed by atoms with van der Waals surface area (Å²) in [5.41, 5.74) is 6.81. The van der Waals surface area contributed by atoms with E-state index >= 15 is 0 Å². The van der Waals surface area contributed by atoms with Crippen LogP contribution in [0.3, 0.4) is 0 Å². The van der Waals surface area contributed by atoms with Crippen LogP contribution in [-0.4, -0.2) is 13.2 Å². The van der Waals surface area contributed by atoms with Crippen LogP contribution in [0.5, 0.6) is 5.75 Å². The highest BCUT2D eigenvalue weighted by Crippen LogP contribution is 2.29. The molecule has 0 fully saturated rings. The van der Waals surface area contributed by atoms with Crippen molar-refractivity contribution in [2.24, 2.45) is 5.73 Å². The van der Waals surface area contributed by atoms with E-state index < -0.39 is 0 Å². The van der Waals surface area contributed by atoms with Crippen LogP contribution in [0, 0.1) is 0 Å². The van der Waals surface area contributed by atoms with Gasteiger partial charge in [0.15, 0.2) is 0 Å². The molecule has 1 aromatic heterocycles. The minimum Gasteiger partial charge on any atom is -0.494 e. The number of thiophene rings is 1. The summed E-state index contributed by atoms with van der Waals surface area (Å²) in [6.45, 7) is 3.37. The molecule has 0 aliphatic rings. The lowest BCUT2D eigenvalue weighted by Gasteiger charge is -2.09. The van der Waals surface area contributed by atoms with Crippen molar-refractivity contribution in [1.82, 2.24) is 0 Å². The lowest BCUT2D eigenvalue weighted by atomic mass is 10.1. The molecule has 2 nitrogen and oxygen atoms in total. The first-order chi connectivity index (χ1) is 7.35. The maximum Gasteiger partial charge on any atom is 0.123 e. The molecule has 3 heteroatoms. The summed E-state index contributed by atoms with van der Waals surface area (Å²) in [6.07, 6.45) is 0.876. The van der Waals surface area contributed by atoms with Gasteiger partial charge < -0.3 is 10.5 Å². The summed E-state index contributed by atoms with van der Waals surface area (Å²) in [5, 5.41) is 3.39. The molecular formula is C12H15NOS. The van der Waals surface area contributed by atoms with Gasteiger partial charge in [-0.25, -0.2) is 0 Å². The van der Waals surface area contributed by atoms with E-state index in [1.54, 1.807) is 11.3 Å². The molecule has 0 amide bonds. The molecule has 0 unspecified atom stereocenters. The number of nitrogens with two attached hydrogens (primary N) is 1. The summed E-state index contributed by atoms with van der Waals surface area (Å²) in [6, 6.07) is 6.44. The van der Waals surface area contributed by atoms with Crippen LogP contribution in [0.4, 0.5) is 0 Å². The van der Waals surface area contributed by atoms with Crippen molar-refractivity contribution in [2.75, 3.05) is 13.2 Å². The molecule has 1 aromatic carbocycles. The average Bonchev–Trinajstić information content (AvgIpc) is 2.66. The summed E-state index contributed by atoms with van der Waals surface area (Å²) in [7, 11) is 0. The van der Waals surface area contributed by atoms with Crippen molar-refractivity contribution in [2.45, 2.75) is 13.3 Å². The molecule has 0 atom stereocenters. The topological polar surface area (TPSA) is 35.2 Å². The van der Waals surface area contributed by atoms with Crippen LogP contribution in [0.1, 0.15) is 12.5 Å². The molecule has 0 saturated carbocycles. The maximum absolute atomic E-state index is 5.62. The van der Waals surface area contributed by atoms with Gasteiger partial charge in [0.2, 0.25) is 0 Å². The molecule has 2 N–H and O–H groups in total. The lowest BCUT2D eigenvalue weighted by molar-refractivity contribution is 0.337. The molecule has 0 saturated heterocycles. The van der Waals surface area contributed by atoms with Gasteiger partial charge in [0.05, 0.1) is 6.61 Å². The maximum atomic E-state index is 5.62. The molecular weight excluding hydrogens is 206 g/mol. The molecule has 0 bridgehead atoms. The van der Waals surface area contributed by atoms with E-state index in [4.69, 9.17) is 10.5 Å². The first kappa shape index (κ1) is 10.5. The van der Waals surface area contributed by atoms with Crippen LogP contribution in [0.15, 0.2) is 23.6 Å². The molecule has 2 rings (SSSR count). The minimum absolute atomic E-state index is 0.662. The van der Waals surface area contributed by atoms with E-state index in [-0.39, 0.29) is 0 Å². The van der Waals surface area contributed by atoms with Gasteiger partial charge in [-0.3, -0.25) is 0 Å². The summed E-state index contributed by atoms with van der Waals surface area (Å²) in [4.78, 5) is 0. The lowest BCUT2D eigenvalue weighted by Crippen LogP contribution is -2.05. The number of ether oxygens (including phenoxy) is 1. The van der Waals surface area contributed by atoms with E-state index in [2.05, 4.69) is 23.6 Å². The first-order valence-corrected chi connectivity index (χ1v) is 6.06. The predicted molar refractivity (Wildman–Crippen MR) is 65.8 cm³/mol. The highest BCUT2D eigenvalue weighted by atomic mass is 32.1. The highest BCUT2D eigenvalue weighted by Gasteiger charge is 2.06. The number of fused-ring (bicyclic) bond motifs is 1. The number of hydrogen-bond acceptors (Lipinski definition) is 3.